The molecule has 3 aromatic heterocycles. The molecule has 228 valence electrons. The van der Waals surface area contributed by atoms with Crippen LogP contribution in [0.2, 0.25) is 0 Å². The van der Waals surface area contributed by atoms with Gasteiger partial charge < -0.3 is 35.7 Å². The van der Waals surface area contributed by atoms with Crippen LogP contribution in [0, 0.1) is 11.6 Å². The lowest BCUT2D eigenvalue weighted by Crippen LogP contribution is -2.58. The molecule has 2 fully saturated rings. The summed E-state index contributed by atoms with van der Waals surface area (Å²) >= 11 is 0.999. The van der Waals surface area contributed by atoms with Gasteiger partial charge in [0, 0.05) is 41.2 Å². The van der Waals surface area contributed by atoms with Crippen molar-refractivity contribution in [3.8, 4) is 28.3 Å². The molecule has 0 spiro atoms. The third kappa shape index (κ3) is 4.98. The average molecular weight is 621 g/mol. The zero-order valence-corrected chi connectivity index (χ0v) is 24.7. The molecule has 1 amide bonds. The summed E-state index contributed by atoms with van der Waals surface area (Å²) in [5.41, 5.74) is 13.4. The van der Waals surface area contributed by atoms with Crippen molar-refractivity contribution in [2.24, 2.45) is 5.73 Å². The molecule has 0 aliphatic carbocycles. The molecule has 1 atom stereocenters. The Morgan fingerprint density at radius 2 is 2.02 bits per heavy atom. The van der Waals surface area contributed by atoms with E-state index in [1.54, 1.807) is 17.0 Å². The van der Waals surface area contributed by atoms with Crippen molar-refractivity contribution < 1.29 is 22.7 Å². The molecule has 2 aliphatic heterocycles. The van der Waals surface area contributed by atoms with E-state index >= 15 is 4.39 Å². The third-order valence-corrected chi connectivity index (χ3v) is 9.24. The van der Waals surface area contributed by atoms with Crippen molar-refractivity contribution in [1.82, 2.24) is 24.8 Å². The first-order valence-corrected chi connectivity index (χ1v) is 15.1. The fourth-order valence-electron chi connectivity index (χ4n) is 5.94. The van der Waals surface area contributed by atoms with Crippen LogP contribution in [0.4, 0.5) is 19.7 Å². The number of likely N-dealkylation sites (N-methyl/N-ethyl adjacent to an activating group) is 1. The molecule has 5 N–H and O–H groups in total. The predicted molar refractivity (Wildman–Crippen MR) is 164 cm³/mol. The van der Waals surface area contributed by atoms with E-state index in [1.807, 2.05) is 7.05 Å². The first kappa shape index (κ1) is 28.4. The van der Waals surface area contributed by atoms with Crippen LogP contribution in [-0.4, -0.2) is 82.6 Å². The lowest BCUT2D eigenvalue weighted by atomic mass is 9.92. The Morgan fingerprint density at radius 1 is 1.18 bits per heavy atom. The largest absolute Gasteiger partial charge is 0.472 e. The summed E-state index contributed by atoms with van der Waals surface area (Å²) in [6, 6.07) is 6.36. The van der Waals surface area contributed by atoms with Gasteiger partial charge in [-0.2, -0.15) is 9.97 Å². The number of hydrogen-bond donors (Lipinski definition) is 3. The van der Waals surface area contributed by atoms with Crippen LogP contribution in [0.15, 0.2) is 41.2 Å². The molecule has 44 heavy (non-hydrogen) atoms. The van der Waals surface area contributed by atoms with Gasteiger partial charge in [0.05, 0.1) is 35.3 Å². The smallest absolute Gasteiger partial charge is 0.319 e. The van der Waals surface area contributed by atoms with Gasteiger partial charge in [-0.05, 0) is 56.3 Å². The average Bonchev–Trinajstić information content (AvgIpc) is 3.76. The fourth-order valence-corrected chi connectivity index (χ4v) is 6.70. The number of nitrogen functional groups attached to an aromatic ring is 1. The Bertz CT molecular complexity index is 1880. The van der Waals surface area contributed by atoms with Crippen LogP contribution in [-0.2, 0) is 4.79 Å². The summed E-state index contributed by atoms with van der Waals surface area (Å²) in [5.74, 6) is -0.924. The summed E-state index contributed by atoms with van der Waals surface area (Å²) in [5, 5.41) is 3.94. The number of ether oxygens (including phenoxy) is 1. The number of aromatic nitrogens is 3. The standard InChI is InChI=1S/C30H30F2N8O3S/c1-39-7-2-3-17(39)14-43-30-37-25-20(28(38-30)35-16-11-40(12-16)22(41)10-33)9-19(15-6-8-42-13-15)23(24(25)32)18-4-5-21(31)27-26(18)36-29(34)44-27/h4-6,8-9,13,16-17H,2-3,7,10-12,14,33H2,1H3,(H2,34,36)(H,35,37,38)/t17-/m0/s1. The highest BCUT2D eigenvalue weighted by Gasteiger charge is 2.32. The lowest BCUT2D eigenvalue weighted by Gasteiger charge is -2.39. The number of nitrogens with zero attached hydrogens (tertiary/aromatic N) is 5. The van der Waals surface area contributed by atoms with Crippen LogP contribution < -0.4 is 21.5 Å². The van der Waals surface area contributed by atoms with Gasteiger partial charge in [-0.1, -0.05) is 11.3 Å². The van der Waals surface area contributed by atoms with E-state index in [9.17, 15) is 9.18 Å². The summed E-state index contributed by atoms with van der Waals surface area (Å²) in [4.78, 5) is 29.5. The molecule has 5 heterocycles. The number of furan rings is 1. The number of likely N-dealkylation sites (tertiary alicyclic amines) is 2. The molecular weight excluding hydrogens is 590 g/mol. The first-order chi connectivity index (χ1) is 21.3. The maximum absolute atomic E-state index is 17.0. The number of nitrogens with two attached hydrogens (primary N) is 2. The predicted octanol–water partition coefficient (Wildman–Crippen LogP) is 4.08. The topological polar surface area (TPSA) is 149 Å². The van der Waals surface area contributed by atoms with Crippen molar-refractivity contribution in [2.75, 3.05) is 50.9 Å². The maximum Gasteiger partial charge on any atom is 0.319 e. The molecule has 0 radical (unpaired) electrons. The van der Waals surface area contributed by atoms with E-state index in [2.05, 4.69) is 25.2 Å². The van der Waals surface area contributed by atoms with Gasteiger partial charge in [0.25, 0.3) is 0 Å². The van der Waals surface area contributed by atoms with Crippen molar-refractivity contribution in [3.05, 3.63) is 48.4 Å². The number of nitrogens with one attached hydrogen (secondary N) is 1. The van der Waals surface area contributed by atoms with Gasteiger partial charge in [-0.25, -0.2) is 13.8 Å². The van der Waals surface area contributed by atoms with E-state index in [0.29, 0.717) is 47.6 Å². The zero-order chi connectivity index (χ0) is 30.5. The number of hydrogen-bond acceptors (Lipinski definition) is 11. The molecule has 5 aromatic rings. The van der Waals surface area contributed by atoms with Gasteiger partial charge in [-0.15, -0.1) is 0 Å². The molecule has 2 aromatic carbocycles. The normalized spacial score (nSPS) is 17.5. The molecule has 2 aliphatic rings. The number of rotatable bonds is 8. The van der Waals surface area contributed by atoms with Gasteiger partial charge in [0.2, 0.25) is 5.91 Å². The lowest BCUT2D eigenvalue weighted by molar-refractivity contribution is -0.133. The maximum atomic E-state index is 17.0. The minimum atomic E-state index is -0.653. The van der Waals surface area contributed by atoms with E-state index in [4.69, 9.17) is 20.6 Å². The Morgan fingerprint density at radius 3 is 2.75 bits per heavy atom. The zero-order valence-electron chi connectivity index (χ0n) is 23.8. The van der Waals surface area contributed by atoms with Gasteiger partial charge in [0.15, 0.2) is 10.9 Å². The molecule has 11 nitrogen and oxygen atoms in total. The number of halogens is 2. The monoisotopic (exact) mass is 620 g/mol. The fraction of sp³-hybridized carbons (Fsp3) is 0.333. The number of carbonyl (C=O) groups is 1. The van der Waals surface area contributed by atoms with Crippen molar-refractivity contribution in [2.45, 2.75) is 24.9 Å². The highest BCUT2D eigenvalue weighted by Crippen LogP contribution is 2.44. The number of amides is 1. The summed E-state index contributed by atoms with van der Waals surface area (Å²) in [6.45, 7) is 2.11. The number of benzene rings is 2. The molecular formula is C30H30F2N8O3S. The highest BCUT2D eigenvalue weighted by molar-refractivity contribution is 7.22. The van der Waals surface area contributed by atoms with Crippen LogP contribution in [0.25, 0.3) is 43.4 Å². The molecule has 2 saturated heterocycles. The van der Waals surface area contributed by atoms with Crippen LogP contribution in [0.5, 0.6) is 6.01 Å². The first-order valence-electron chi connectivity index (χ1n) is 14.3. The van der Waals surface area contributed by atoms with Crippen LogP contribution in [0.3, 0.4) is 0 Å². The molecule has 0 saturated carbocycles. The van der Waals surface area contributed by atoms with E-state index < -0.39 is 11.6 Å². The van der Waals surface area contributed by atoms with Crippen molar-refractivity contribution in [1.29, 1.82) is 0 Å². The van der Waals surface area contributed by atoms with E-state index in [0.717, 1.165) is 30.7 Å². The Kier molecular flexibility index (Phi) is 7.26. The molecule has 0 bridgehead atoms. The van der Waals surface area contributed by atoms with Gasteiger partial charge in [-0.3, -0.25) is 4.79 Å². The second-order valence-corrected chi connectivity index (χ2v) is 12.2. The Labute approximate surface area is 254 Å². The van der Waals surface area contributed by atoms with Crippen LogP contribution in [0.1, 0.15) is 12.8 Å². The molecule has 7 rings (SSSR count). The van der Waals surface area contributed by atoms with Gasteiger partial charge >= 0.3 is 6.01 Å². The van der Waals surface area contributed by atoms with Crippen LogP contribution >= 0.6 is 11.3 Å². The summed E-state index contributed by atoms with van der Waals surface area (Å²) in [6.07, 6.45) is 5.04. The minimum absolute atomic E-state index is 0.0226. The summed E-state index contributed by atoms with van der Waals surface area (Å²) in [7, 11) is 2.04. The van der Waals surface area contributed by atoms with Crippen molar-refractivity contribution >= 4 is 49.3 Å². The number of fused-ring (bicyclic) bond motifs is 2. The molecule has 0 unspecified atom stereocenters. The quantitative estimate of drug-likeness (QED) is 0.232. The minimum Gasteiger partial charge on any atom is -0.472 e. The highest BCUT2D eigenvalue weighted by atomic mass is 32.1. The number of thiazole rings is 1. The van der Waals surface area contributed by atoms with E-state index in [-0.39, 0.29) is 57.0 Å². The summed E-state index contributed by atoms with van der Waals surface area (Å²) < 4.78 is 43.4. The van der Waals surface area contributed by atoms with Gasteiger partial charge in [0.1, 0.15) is 23.8 Å². The Balaban J connectivity index is 1.39. The number of carbonyl (C=O) groups excluding carboxylic acids is 1. The van der Waals surface area contributed by atoms with E-state index in [1.165, 1.54) is 24.7 Å². The second-order valence-electron chi connectivity index (χ2n) is 11.1. The third-order valence-electron chi connectivity index (χ3n) is 8.35. The Hall–Kier alpha value is -4.40. The molecule has 14 heteroatoms. The number of anilines is 2. The second kappa shape index (κ2) is 11.3. The SMILES string of the molecule is CN1CCC[C@H]1COc1nc(NC2CN(C(=O)CN)C2)c2cc(-c3ccoc3)c(-c3ccc(F)c4sc(N)nc34)c(F)c2n1. The van der Waals surface area contributed by atoms with Crippen molar-refractivity contribution in [3.63, 3.8) is 0 Å².